The normalized spacial score (nSPS) is 22.9. The van der Waals surface area contributed by atoms with Gasteiger partial charge in [0.2, 0.25) is 11.8 Å². The third kappa shape index (κ3) is 10.1. The van der Waals surface area contributed by atoms with E-state index in [0.717, 1.165) is 17.0 Å². The van der Waals surface area contributed by atoms with Crippen LogP contribution < -0.4 is 4.74 Å². The summed E-state index contributed by atoms with van der Waals surface area (Å²) >= 11 is 1.36. The molecule has 5 atom stereocenters. The van der Waals surface area contributed by atoms with E-state index in [-0.39, 0.29) is 49.1 Å². The van der Waals surface area contributed by atoms with E-state index in [0.29, 0.717) is 43.4 Å². The smallest absolute Gasteiger partial charge is 0.233 e. The summed E-state index contributed by atoms with van der Waals surface area (Å²) in [6, 6.07) is 17.2. The van der Waals surface area contributed by atoms with E-state index < -0.39 is 24.4 Å². The molecule has 0 spiro atoms. The highest BCUT2D eigenvalue weighted by molar-refractivity contribution is 7.99. The number of aromatic nitrogens is 3. The van der Waals surface area contributed by atoms with E-state index in [1.807, 2.05) is 71.0 Å². The number of amides is 2. The molecule has 50 heavy (non-hydrogen) atoms. The lowest BCUT2D eigenvalue weighted by Crippen LogP contribution is -2.51. The summed E-state index contributed by atoms with van der Waals surface area (Å²) in [6.45, 7) is 9.40. The number of benzene rings is 2. The second-order valence-corrected chi connectivity index (χ2v) is 13.9. The Morgan fingerprint density at radius 2 is 1.80 bits per heavy atom. The molecule has 274 valence electrons. The fourth-order valence-electron chi connectivity index (χ4n) is 6.43. The topological polar surface area (TPSA) is 139 Å². The van der Waals surface area contributed by atoms with E-state index in [2.05, 4.69) is 24.0 Å². The van der Waals surface area contributed by atoms with Gasteiger partial charge in [0.25, 0.3) is 0 Å². The molecule has 0 aliphatic carbocycles. The lowest BCUT2D eigenvalue weighted by atomic mass is 9.82. The number of hydrogen-bond donors (Lipinski definition) is 2. The first-order valence-corrected chi connectivity index (χ1v) is 18.3. The Morgan fingerprint density at radius 1 is 1.04 bits per heavy atom. The van der Waals surface area contributed by atoms with Crippen molar-refractivity contribution in [2.45, 2.75) is 76.6 Å². The maximum Gasteiger partial charge on any atom is 0.233 e. The van der Waals surface area contributed by atoms with Gasteiger partial charge in [0.15, 0.2) is 11.0 Å². The molecule has 4 rings (SSSR count). The van der Waals surface area contributed by atoms with Crippen LogP contribution in [0.25, 0.3) is 11.4 Å². The predicted molar refractivity (Wildman–Crippen MR) is 193 cm³/mol. The number of nitrogens with zero attached hydrogens (tertiary/aromatic N) is 5. The molecule has 1 aliphatic rings. The number of ether oxygens (including phenoxy) is 3. The van der Waals surface area contributed by atoms with E-state index >= 15 is 0 Å². The Bertz CT molecular complexity index is 1510. The molecule has 1 fully saturated rings. The molecule has 3 aromatic rings. The quantitative estimate of drug-likeness (QED) is 0.309. The minimum Gasteiger partial charge on any atom is -0.497 e. The van der Waals surface area contributed by atoms with Crippen LogP contribution in [0.3, 0.4) is 0 Å². The minimum absolute atomic E-state index is 0.0307. The second kappa shape index (κ2) is 19.2. The predicted octanol–water partition coefficient (Wildman–Crippen LogP) is 4.30. The summed E-state index contributed by atoms with van der Waals surface area (Å²) in [6.07, 6.45) is -2.03. The average molecular weight is 712 g/mol. The van der Waals surface area contributed by atoms with Crippen molar-refractivity contribution in [2.24, 2.45) is 11.8 Å². The van der Waals surface area contributed by atoms with Gasteiger partial charge in [0.05, 0.1) is 25.5 Å². The van der Waals surface area contributed by atoms with Crippen molar-refractivity contribution in [1.29, 1.82) is 0 Å². The molecule has 1 aliphatic heterocycles. The van der Waals surface area contributed by atoms with Gasteiger partial charge in [-0.25, -0.2) is 0 Å². The van der Waals surface area contributed by atoms with Gasteiger partial charge in [0.1, 0.15) is 24.1 Å². The van der Waals surface area contributed by atoms with Crippen LogP contribution in [-0.4, -0.2) is 118 Å². The van der Waals surface area contributed by atoms with Crippen LogP contribution >= 0.6 is 11.8 Å². The molecule has 2 N–H and O–H groups in total. The summed E-state index contributed by atoms with van der Waals surface area (Å²) in [4.78, 5) is 31.3. The third-order valence-electron chi connectivity index (χ3n) is 9.32. The summed E-state index contributed by atoms with van der Waals surface area (Å²) < 4.78 is 19.0. The van der Waals surface area contributed by atoms with Crippen molar-refractivity contribution < 1.29 is 34.0 Å². The molecule has 0 saturated carbocycles. The zero-order valence-corrected chi connectivity index (χ0v) is 30.9. The summed E-state index contributed by atoms with van der Waals surface area (Å²) in [5.41, 5.74) is 1.85. The highest BCUT2D eigenvalue weighted by Gasteiger charge is 2.37. The first-order chi connectivity index (χ1) is 24.1. The molecule has 0 radical (unpaired) electrons. The highest BCUT2D eigenvalue weighted by Crippen LogP contribution is 2.37. The van der Waals surface area contributed by atoms with Crippen molar-refractivity contribution in [3.8, 4) is 17.1 Å². The van der Waals surface area contributed by atoms with Crippen molar-refractivity contribution >= 4 is 23.6 Å². The monoisotopic (exact) mass is 711 g/mol. The Hall–Kier alpha value is -3.49. The molecule has 2 aromatic carbocycles. The molecule has 0 unspecified atom stereocenters. The van der Waals surface area contributed by atoms with E-state index in [1.54, 1.807) is 12.0 Å². The highest BCUT2D eigenvalue weighted by atomic mass is 32.2. The minimum atomic E-state index is -1.26. The third-order valence-corrected chi connectivity index (χ3v) is 10.3. The number of hydrogen-bond acceptors (Lipinski definition) is 10. The summed E-state index contributed by atoms with van der Waals surface area (Å²) in [5.74, 6) is 1.09. The van der Waals surface area contributed by atoms with Crippen molar-refractivity contribution in [1.82, 2.24) is 24.6 Å². The molecular formula is C37H53N5O7S. The van der Waals surface area contributed by atoms with E-state index in [4.69, 9.17) is 14.2 Å². The maximum absolute atomic E-state index is 14.6. The first kappa shape index (κ1) is 39.3. The molecule has 2 amide bonds. The van der Waals surface area contributed by atoms with E-state index in [9.17, 15) is 19.8 Å². The first-order valence-electron chi connectivity index (χ1n) is 17.4. The van der Waals surface area contributed by atoms with Crippen LogP contribution in [0.4, 0.5) is 0 Å². The van der Waals surface area contributed by atoms with Crippen molar-refractivity contribution in [2.75, 3.05) is 52.8 Å². The number of rotatable bonds is 9. The van der Waals surface area contributed by atoms with Crippen LogP contribution in [0.2, 0.25) is 0 Å². The molecule has 2 heterocycles. The van der Waals surface area contributed by atoms with Crippen LogP contribution in [0.1, 0.15) is 52.1 Å². The van der Waals surface area contributed by atoms with Crippen LogP contribution in [0.5, 0.6) is 5.75 Å². The fourth-order valence-corrected chi connectivity index (χ4v) is 7.32. The zero-order valence-electron chi connectivity index (χ0n) is 30.1. The van der Waals surface area contributed by atoms with Gasteiger partial charge >= 0.3 is 0 Å². The number of methoxy groups -OCH3 is 2. The number of thioether (sulfide) groups is 1. The molecule has 0 bridgehead atoms. The molecule has 13 heteroatoms. The summed E-state index contributed by atoms with van der Waals surface area (Å²) in [7, 11) is 3.07. The van der Waals surface area contributed by atoms with Crippen molar-refractivity contribution in [3.63, 3.8) is 0 Å². The van der Waals surface area contributed by atoms with Gasteiger partial charge in [0, 0.05) is 58.3 Å². The maximum atomic E-state index is 14.6. The SMILES string of the molecule is CCn1c(SCC(=O)N2CCCCOC[C@H](O)[C@H](O)[C@@H](OC)CN(C(C)=O)C[C@H](C(C)C)[C@H]2c2cccc(OC)c2)nnc1-c1ccccc1. The van der Waals surface area contributed by atoms with Gasteiger partial charge in [-0.05, 0) is 43.4 Å². The Balaban J connectivity index is 1.74. The number of carbonyl (C=O) groups is 2. The van der Waals surface area contributed by atoms with E-state index in [1.165, 1.54) is 25.8 Å². The zero-order chi connectivity index (χ0) is 36.2. The average Bonchev–Trinajstić information content (AvgIpc) is 3.54. The molecular weight excluding hydrogens is 659 g/mol. The molecule has 12 nitrogen and oxygen atoms in total. The van der Waals surface area contributed by atoms with Gasteiger partial charge in [-0.2, -0.15) is 0 Å². The lowest BCUT2D eigenvalue weighted by molar-refractivity contribution is -0.139. The van der Waals surface area contributed by atoms with Gasteiger partial charge in [-0.1, -0.05) is 68.1 Å². The van der Waals surface area contributed by atoms with Gasteiger partial charge in [-0.3, -0.25) is 9.59 Å². The second-order valence-electron chi connectivity index (χ2n) is 13.0. The number of aliphatic hydroxyl groups is 2. The number of carbonyl (C=O) groups excluding carboxylic acids is 2. The van der Waals surface area contributed by atoms with Crippen LogP contribution in [0.15, 0.2) is 59.8 Å². The standard InChI is InChI=1S/C37H53N5O7S/c1-7-41-36(27-14-9-8-10-15-27)38-39-37(41)50-24-33(45)42-18-11-12-19-49-23-31(44)35(46)32(48-6)22-40(26(4)43)21-30(25(2)3)34(42)28-16-13-17-29(20-28)47-5/h8-10,13-17,20,25,30-32,34-35,44,46H,7,11-12,18-19,21-24H2,1-6H3/t30-,31+,32+,34-,35+/m1/s1. The molecule has 1 saturated heterocycles. The summed E-state index contributed by atoms with van der Waals surface area (Å²) in [5, 5.41) is 31.2. The largest absolute Gasteiger partial charge is 0.497 e. The van der Waals surface area contributed by atoms with Gasteiger partial charge < -0.3 is 38.8 Å². The number of aliphatic hydroxyl groups excluding tert-OH is 2. The lowest BCUT2D eigenvalue weighted by Gasteiger charge is -2.42. The Labute approximate surface area is 300 Å². The Kier molecular flexibility index (Phi) is 15.1. The van der Waals surface area contributed by atoms with Crippen molar-refractivity contribution in [3.05, 3.63) is 60.2 Å². The van der Waals surface area contributed by atoms with Gasteiger partial charge in [-0.15, -0.1) is 10.2 Å². The fraction of sp³-hybridized carbons (Fsp3) is 0.568. The van der Waals surface area contributed by atoms with Crippen LogP contribution in [0, 0.1) is 11.8 Å². The molecule has 1 aromatic heterocycles. The Morgan fingerprint density at radius 3 is 2.46 bits per heavy atom. The van der Waals surface area contributed by atoms with Crippen LogP contribution in [-0.2, 0) is 25.6 Å².